The molecular formula is C21H27N5O2. The number of benzene rings is 1. The van der Waals surface area contributed by atoms with Gasteiger partial charge in [0.05, 0.1) is 11.7 Å². The van der Waals surface area contributed by atoms with Crippen molar-refractivity contribution in [1.29, 1.82) is 0 Å². The number of anilines is 3. The topological polar surface area (TPSA) is 79.4 Å². The first-order valence-electron chi connectivity index (χ1n) is 10.1. The van der Waals surface area contributed by atoms with Gasteiger partial charge in [0.1, 0.15) is 0 Å². The van der Waals surface area contributed by atoms with Gasteiger partial charge in [-0.1, -0.05) is 0 Å². The average Bonchev–Trinajstić information content (AvgIpc) is 3.27. The van der Waals surface area contributed by atoms with Crippen molar-refractivity contribution in [2.75, 3.05) is 41.8 Å². The Morgan fingerprint density at radius 2 is 1.82 bits per heavy atom. The number of nitrogens with one attached hydrogen (secondary N) is 2. The number of hydrogen-bond donors (Lipinski definition) is 2. The van der Waals surface area contributed by atoms with Crippen LogP contribution in [-0.2, 0) is 4.74 Å². The summed E-state index contributed by atoms with van der Waals surface area (Å²) in [4.78, 5) is 23.3. The second-order valence-corrected chi connectivity index (χ2v) is 7.36. The van der Waals surface area contributed by atoms with Crippen LogP contribution in [0.3, 0.4) is 0 Å². The lowest BCUT2D eigenvalue weighted by Crippen LogP contribution is -2.29. The predicted octanol–water partition coefficient (Wildman–Crippen LogP) is 3.31. The van der Waals surface area contributed by atoms with Crippen LogP contribution in [0.2, 0.25) is 0 Å². The summed E-state index contributed by atoms with van der Waals surface area (Å²) in [5.74, 6) is 0.300. The number of hydrogen-bond acceptors (Lipinski definition) is 6. The van der Waals surface area contributed by atoms with E-state index < -0.39 is 0 Å². The zero-order chi connectivity index (χ0) is 19.2. The maximum absolute atomic E-state index is 12.4. The van der Waals surface area contributed by atoms with Gasteiger partial charge < -0.3 is 20.3 Å². The van der Waals surface area contributed by atoms with Gasteiger partial charge in [0.15, 0.2) is 0 Å². The number of ether oxygens (including phenoxy) is 1. The van der Waals surface area contributed by atoms with Crippen molar-refractivity contribution in [2.45, 2.75) is 38.2 Å². The molecule has 1 aromatic carbocycles. The van der Waals surface area contributed by atoms with Crippen LogP contribution >= 0.6 is 0 Å². The third-order valence-corrected chi connectivity index (χ3v) is 5.27. The normalized spacial score (nSPS) is 19.4. The van der Waals surface area contributed by atoms with Crippen LogP contribution in [-0.4, -0.2) is 48.2 Å². The third-order valence-electron chi connectivity index (χ3n) is 5.27. The summed E-state index contributed by atoms with van der Waals surface area (Å²) < 4.78 is 5.56. The number of piperidine rings is 1. The maximum Gasteiger partial charge on any atom is 0.258 e. The molecule has 7 heteroatoms. The van der Waals surface area contributed by atoms with Crippen LogP contribution in [0.5, 0.6) is 0 Å². The van der Waals surface area contributed by atoms with Gasteiger partial charge in [-0.25, -0.2) is 9.97 Å². The molecule has 2 aromatic rings. The molecule has 7 nitrogen and oxygen atoms in total. The lowest BCUT2D eigenvalue weighted by Gasteiger charge is -2.28. The van der Waals surface area contributed by atoms with E-state index in [1.807, 2.05) is 12.1 Å². The van der Waals surface area contributed by atoms with E-state index in [1.165, 1.54) is 24.9 Å². The fourth-order valence-electron chi connectivity index (χ4n) is 3.66. The van der Waals surface area contributed by atoms with Gasteiger partial charge in [0, 0.05) is 50.0 Å². The monoisotopic (exact) mass is 381 g/mol. The standard InChI is InChI=1S/C21H27N5O2/c27-20(16-13-22-21(23-14-16)24-15-19-5-4-12-28-19)25-17-6-8-18(9-7-17)26-10-2-1-3-11-26/h6-9,13-14,19H,1-5,10-12,15H2,(H,25,27)(H,22,23,24). The second-order valence-electron chi connectivity index (χ2n) is 7.36. The molecule has 28 heavy (non-hydrogen) atoms. The summed E-state index contributed by atoms with van der Waals surface area (Å²) in [7, 11) is 0. The fraction of sp³-hybridized carbons (Fsp3) is 0.476. The van der Waals surface area contributed by atoms with E-state index in [2.05, 4.69) is 37.6 Å². The summed E-state index contributed by atoms with van der Waals surface area (Å²) >= 11 is 0. The van der Waals surface area contributed by atoms with Gasteiger partial charge >= 0.3 is 0 Å². The van der Waals surface area contributed by atoms with E-state index in [0.29, 0.717) is 18.1 Å². The van der Waals surface area contributed by atoms with Crippen molar-refractivity contribution in [1.82, 2.24) is 9.97 Å². The van der Waals surface area contributed by atoms with Crippen LogP contribution in [0, 0.1) is 0 Å². The molecule has 3 heterocycles. The van der Waals surface area contributed by atoms with E-state index in [9.17, 15) is 4.79 Å². The molecule has 0 bridgehead atoms. The fourth-order valence-corrected chi connectivity index (χ4v) is 3.66. The molecule has 148 valence electrons. The first kappa shape index (κ1) is 18.7. The smallest absolute Gasteiger partial charge is 0.258 e. The zero-order valence-electron chi connectivity index (χ0n) is 16.1. The molecule has 0 saturated carbocycles. The van der Waals surface area contributed by atoms with E-state index >= 15 is 0 Å². The van der Waals surface area contributed by atoms with Crippen LogP contribution in [0.1, 0.15) is 42.5 Å². The third kappa shape index (κ3) is 4.78. The first-order valence-corrected chi connectivity index (χ1v) is 10.1. The van der Waals surface area contributed by atoms with Crippen LogP contribution < -0.4 is 15.5 Å². The highest BCUT2D eigenvalue weighted by atomic mass is 16.5. The Morgan fingerprint density at radius 3 is 2.50 bits per heavy atom. The molecule has 1 atom stereocenters. The number of carbonyl (C=O) groups excluding carboxylic acids is 1. The number of amides is 1. The highest BCUT2D eigenvalue weighted by Gasteiger charge is 2.16. The van der Waals surface area contributed by atoms with E-state index in [0.717, 1.165) is 38.2 Å². The second kappa shape index (κ2) is 9.01. The molecule has 0 radical (unpaired) electrons. The van der Waals surface area contributed by atoms with Crippen molar-refractivity contribution in [3.63, 3.8) is 0 Å². The van der Waals surface area contributed by atoms with Crippen molar-refractivity contribution in [3.05, 3.63) is 42.2 Å². The molecule has 2 saturated heterocycles. The van der Waals surface area contributed by atoms with Crippen molar-refractivity contribution < 1.29 is 9.53 Å². The van der Waals surface area contributed by atoms with Crippen LogP contribution in [0.25, 0.3) is 0 Å². The van der Waals surface area contributed by atoms with Gasteiger partial charge in [-0.05, 0) is 56.4 Å². The molecule has 2 aliphatic rings. The SMILES string of the molecule is O=C(Nc1ccc(N2CCCCC2)cc1)c1cnc(NCC2CCCO2)nc1. The summed E-state index contributed by atoms with van der Waals surface area (Å²) in [5, 5.41) is 6.06. The Labute approximate surface area is 165 Å². The largest absolute Gasteiger partial charge is 0.376 e. The van der Waals surface area contributed by atoms with E-state index in [1.54, 1.807) is 12.4 Å². The van der Waals surface area contributed by atoms with Gasteiger partial charge in [0.25, 0.3) is 5.91 Å². The molecule has 4 rings (SSSR count). The summed E-state index contributed by atoms with van der Waals surface area (Å²) in [5.41, 5.74) is 2.41. The highest BCUT2D eigenvalue weighted by Crippen LogP contribution is 2.22. The minimum absolute atomic E-state index is 0.212. The van der Waals surface area contributed by atoms with Gasteiger partial charge in [-0.3, -0.25) is 4.79 Å². The van der Waals surface area contributed by atoms with Gasteiger partial charge in [-0.2, -0.15) is 0 Å². The van der Waals surface area contributed by atoms with Crippen molar-refractivity contribution >= 4 is 23.2 Å². The Morgan fingerprint density at radius 1 is 1.07 bits per heavy atom. The van der Waals surface area contributed by atoms with Crippen molar-refractivity contribution in [3.8, 4) is 0 Å². The molecule has 2 N–H and O–H groups in total. The summed E-state index contributed by atoms with van der Waals surface area (Å²) in [6, 6.07) is 8.02. The van der Waals surface area contributed by atoms with E-state index in [4.69, 9.17) is 4.74 Å². The maximum atomic E-state index is 12.4. The zero-order valence-corrected chi connectivity index (χ0v) is 16.1. The molecule has 2 aliphatic heterocycles. The molecule has 1 amide bonds. The minimum atomic E-state index is -0.212. The lowest BCUT2D eigenvalue weighted by atomic mass is 10.1. The molecule has 1 unspecified atom stereocenters. The Hall–Kier alpha value is -2.67. The number of nitrogens with zero attached hydrogens (tertiary/aromatic N) is 3. The Kier molecular flexibility index (Phi) is 6.01. The molecule has 0 aliphatic carbocycles. The van der Waals surface area contributed by atoms with E-state index in [-0.39, 0.29) is 12.0 Å². The highest BCUT2D eigenvalue weighted by molar-refractivity contribution is 6.03. The molecule has 0 spiro atoms. The summed E-state index contributed by atoms with van der Waals surface area (Å²) in [6.45, 7) is 3.73. The van der Waals surface area contributed by atoms with Crippen molar-refractivity contribution in [2.24, 2.45) is 0 Å². The Balaban J connectivity index is 1.30. The van der Waals surface area contributed by atoms with Crippen LogP contribution in [0.4, 0.5) is 17.3 Å². The van der Waals surface area contributed by atoms with Crippen LogP contribution in [0.15, 0.2) is 36.7 Å². The number of carbonyl (C=O) groups is 1. The molecule has 2 fully saturated rings. The average molecular weight is 381 g/mol. The lowest BCUT2D eigenvalue weighted by molar-refractivity contribution is 0.102. The number of aromatic nitrogens is 2. The first-order chi connectivity index (χ1) is 13.8. The molecule has 1 aromatic heterocycles. The van der Waals surface area contributed by atoms with Gasteiger partial charge in [0.2, 0.25) is 5.95 Å². The molecular weight excluding hydrogens is 354 g/mol. The van der Waals surface area contributed by atoms with Gasteiger partial charge in [-0.15, -0.1) is 0 Å². The Bertz CT molecular complexity index is 766. The summed E-state index contributed by atoms with van der Waals surface area (Å²) in [6.07, 6.45) is 9.28. The minimum Gasteiger partial charge on any atom is -0.376 e. The predicted molar refractivity (Wildman–Crippen MR) is 110 cm³/mol. The number of rotatable bonds is 6. The quantitative estimate of drug-likeness (QED) is 0.799.